The Bertz CT molecular complexity index is 403. The van der Waals surface area contributed by atoms with E-state index in [9.17, 15) is 4.79 Å². The molecule has 2 heterocycles. The minimum absolute atomic E-state index is 0.0154. The number of aromatic nitrogens is 3. The van der Waals surface area contributed by atoms with Crippen molar-refractivity contribution < 1.29 is 4.79 Å². The van der Waals surface area contributed by atoms with E-state index in [0.717, 1.165) is 38.2 Å². The molecule has 1 aliphatic rings. The highest BCUT2D eigenvalue weighted by Gasteiger charge is 2.30. The Kier molecular flexibility index (Phi) is 4.30. The lowest BCUT2D eigenvalue weighted by molar-refractivity contribution is -0.129. The fraction of sp³-hybridized carbons (Fsp3) is 0.750. The highest BCUT2D eigenvalue weighted by molar-refractivity contribution is 5.83. The second-order valence-electron chi connectivity index (χ2n) is 4.71. The van der Waals surface area contributed by atoms with Crippen molar-refractivity contribution in [3.05, 3.63) is 12.2 Å². The standard InChI is InChI=1S/C12H21N5O/c1-3-6-13-10-4-7-17(12(10)18)8-5-11-14-9-16(2)15-11/h9-10,13H,3-8H2,1-2H3. The van der Waals surface area contributed by atoms with Crippen molar-refractivity contribution in [2.45, 2.75) is 32.2 Å². The number of carbonyl (C=O) groups is 1. The third-order valence-electron chi connectivity index (χ3n) is 3.19. The van der Waals surface area contributed by atoms with Gasteiger partial charge in [0.15, 0.2) is 5.82 Å². The van der Waals surface area contributed by atoms with E-state index in [1.54, 1.807) is 11.0 Å². The lowest BCUT2D eigenvalue weighted by Crippen LogP contribution is -2.39. The van der Waals surface area contributed by atoms with Gasteiger partial charge in [0.05, 0.1) is 6.04 Å². The van der Waals surface area contributed by atoms with Crippen LogP contribution in [0.1, 0.15) is 25.6 Å². The Morgan fingerprint density at radius 1 is 1.56 bits per heavy atom. The number of amides is 1. The molecular formula is C12H21N5O. The van der Waals surface area contributed by atoms with Crippen LogP contribution in [0.25, 0.3) is 0 Å². The molecule has 1 saturated heterocycles. The summed E-state index contributed by atoms with van der Waals surface area (Å²) in [5.74, 6) is 1.02. The summed E-state index contributed by atoms with van der Waals surface area (Å²) in [5.41, 5.74) is 0. The highest BCUT2D eigenvalue weighted by atomic mass is 16.2. The monoisotopic (exact) mass is 251 g/mol. The number of aryl methyl sites for hydroxylation is 1. The Morgan fingerprint density at radius 2 is 2.39 bits per heavy atom. The van der Waals surface area contributed by atoms with Crippen molar-refractivity contribution in [2.24, 2.45) is 7.05 Å². The van der Waals surface area contributed by atoms with Crippen LogP contribution < -0.4 is 5.32 Å². The quantitative estimate of drug-likeness (QED) is 0.770. The molecule has 6 nitrogen and oxygen atoms in total. The molecule has 1 aliphatic heterocycles. The van der Waals surface area contributed by atoms with Gasteiger partial charge in [-0.1, -0.05) is 6.92 Å². The maximum atomic E-state index is 12.1. The Balaban J connectivity index is 1.79. The van der Waals surface area contributed by atoms with Gasteiger partial charge in [-0.25, -0.2) is 4.98 Å². The average Bonchev–Trinajstić information content (AvgIpc) is 2.92. The number of hydrogen-bond acceptors (Lipinski definition) is 4. The summed E-state index contributed by atoms with van der Waals surface area (Å²) in [6.07, 6.45) is 4.38. The molecule has 0 aliphatic carbocycles. The number of rotatable bonds is 6. The minimum atomic E-state index is 0.0154. The Morgan fingerprint density at radius 3 is 3.06 bits per heavy atom. The molecule has 0 radical (unpaired) electrons. The first-order valence-electron chi connectivity index (χ1n) is 6.57. The highest BCUT2D eigenvalue weighted by Crippen LogP contribution is 2.11. The van der Waals surface area contributed by atoms with Gasteiger partial charge in [0, 0.05) is 26.6 Å². The third kappa shape index (κ3) is 3.07. The molecule has 0 spiro atoms. The molecular weight excluding hydrogens is 230 g/mol. The van der Waals surface area contributed by atoms with Crippen molar-refractivity contribution in [3.63, 3.8) is 0 Å². The third-order valence-corrected chi connectivity index (χ3v) is 3.19. The van der Waals surface area contributed by atoms with Crippen molar-refractivity contribution in [1.82, 2.24) is 25.0 Å². The van der Waals surface area contributed by atoms with Gasteiger partial charge < -0.3 is 10.2 Å². The van der Waals surface area contributed by atoms with Crippen LogP contribution in [-0.2, 0) is 18.3 Å². The molecule has 1 fully saturated rings. The second-order valence-corrected chi connectivity index (χ2v) is 4.71. The first-order valence-corrected chi connectivity index (χ1v) is 6.57. The van der Waals surface area contributed by atoms with E-state index in [-0.39, 0.29) is 11.9 Å². The van der Waals surface area contributed by atoms with Gasteiger partial charge in [0.1, 0.15) is 6.33 Å². The Labute approximate surface area is 107 Å². The molecule has 0 aromatic carbocycles. The summed E-state index contributed by atoms with van der Waals surface area (Å²) < 4.78 is 1.69. The van der Waals surface area contributed by atoms with Crippen LogP contribution in [0.15, 0.2) is 6.33 Å². The molecule has 18 heavy (non-hydrogen) atoms. The topological polar surface area (TPSA) is 63.1 Å². The van der Waals surface area contributed by atoms with Crippen LogP contribution in [0, 0.1) is 0 Å². The number of likely N-dealkylation sites (tertiary alicyclic amines) is 1. The predicted octanol–water partition coefficient (Wildman–Crippen LogP) is -0.0419. The van der Waals surface area contributed by atoms with Crippen molar-refractivity contribution >= 4 is 5.91 Å². The van der Waals surface area contributed by atoms with E-state index in [4.69, 9.17) is 0 Å². The van der Waals surface area contributed by atoms with Crippen LogP contribution >= 0.6 is 0 Å². The zero-order chi connectivity index (χ0) is 13.0. The molecule has 0 bridgehead atoms. The lowest BCUT2D eigenvalue weighted by Gasteiger charge is -2.16. The number of nitrogens with zero attached hydrogens (tertiary/aromatic N) is 4. The fourth-order valence-electron chi connectivity index (χ4n) is 2.20. The lowest BCUT2D eigenvalue weighted by atomic mass is 10.2. The van der Waals surface area contributed by atoms with Crippen LogP contribution in [-0.4, -0.2) is 51.2 Å². The molecule has 1 unspecified atom stereocenters. The molecule has 1 aromatic rings. The van der Waals surface area contributed by atoms with E-state index in [0.29, 0.717) is 6.54 Å². The largest absolute Gasteiger partial charge is 0.341 e. The van der Waals surface area contributed by atoms with E-state index in [2.05, 4.69) is 22.3 Å². The summed E-state index contributed by atoms with van der Waals surface area (Å²) in [6, 6.07) is 0.0154. The minimum Gasteiger partial charge on any atom is -0.341 e. The van der Waals surface area contributed by atoms with Gasteiger partial charge in [0.2, 0.25) is 5.91 Å². The van der Waals surface area contributed by atoms with Gasteiger partial charge in [-0.2, -0.15) is 5.10 Å². The summed E-state index contributed by atoms with van der Waals surface area (Å²) in [6.45, 7) is 4.57. The summed E-state index contributed by atoms with van der Waals surface area (Å²) in [5, 5.41) is 7.50. The zero-order valence-electron chi connectivity index (χ0n) is 11.1. The molecule has 1 amide bonds. The van der Waals surface area contributed by atoms with E-state index < -0.39 is 0 Å². The van der Waals surface area contributed by atoms with Gasteiger partial charge in [0.25, 0.3) is 0 Å². The van der Waals surface area contributed by atoms with Crippen LogP contribution in [0.3, 0.4) is 0 Å². The fourth-order valence-corrected chi connectivity index (χ4v) is 2.20. The zero-order valence-corrected chi connectivity index (χ0v) is 11.1. The van der Waals surface area contributed by atoms with Crippen LogP contribution in [0.2, 0.25) is 0 Å². The number of hydrogen-bond donors (Lipinski definition) is 1. The van der Waals surface area contributed by atoms with Crippen molar-refractivity contribution in [3.8, 4) is 0 Å². The molecule has 0 saturated carbocycles. The van der Waals surface area contributed by atoms with E-state index >= 15 is 0 Å². The molecule has 1 N–H and O–H groups in total. The van der Waals surface area contributed by atoms with Gasteiger partial charge in [-0.3, -0.25) is 9.48 Å². The predicted molar refractivity (Wildman–Crippen MR) is 68.0 cm³/mol. The Hall–Kier alpha value is -1.43. The van der Waals surface area contributed by atoms with Gasteiger partial charge >= 0.3 is 0 Å². The molecule has 1 aromatic heterocycles. The molecule has 100 valence electrons. The summed E-state index contributed by atoms with van der Waals surface area (Å²) in [4.78, 5) is 18.1. The van der Waals surface area contributed by atoms with Crippen molar-refractivity contribution in [1.29, 1.82) is 0 Å². The van der Waals surface area contributed by atoms with Crippen LogP contribution in [0.5, 0.6) is 0 Å². The van der Waals surface area contributed by atoms with Crippen LogP contribution in [0.4, 0.5) is 0 Å². The normalized spacial score (nSPS) is 19.8. The average molecular weight is 251 g/mol. The van der Waals surface area contributed by atoms with Gasteiger partial charge in [-0.15, -0.1) is 0 Å². The second kappa shape index (κ2) is 5.95. The molecule has 6 heteroatoms. The maximum Gasteiger partial charge on any atom is 0.239 e. The SMILES string of the molecule is CCCNC1CCN(CCc2ncn(C)n2)C1=O. The molecule has 1 atom stereocenters. The van der Waals surface area contributed by atoms with Gasteiger partial charge in [-0.05, 0) is 19.4 Å². The maximum absolute atomic E-state index is 12.1. The van der Waals surface area contributed by atoms with E-state index in [1.165, 1.54) is 0 Å². The summed E-state index contributed by atoms with van der Waals surface area (Å²) in [7, 11) is 1.85. The smallest absolute Gasteiger partial charge is 0.239 e. The number of carbonyl (C=O) groups excluding carboxylic acids is 1. The first kappa shape index (κ1) is 13.0. The first-order chi connectivity index (χ1) is 8.70. The van der Waals surface area contributed by atoms with E-state index in [1.807, 2.05) is 11.9 Å². The number of nitrogens with one attached hydrogen (secondary N) is 1. The van der Waals surface area contributed by atoms with Crippen molar-refractivity contribution in [2.75, 3.05) is 19.6 Å². The molecule has 2 rings (SSSR count). The summed E-state index contributed by atoms with van der Waals surface area (Å²) >= 11 is 0.